The molecule has 0 saturated carbocycles. The Morgan fingerprint density at radius 2 is 1.50 bits per heavy atom. The monoisotopic (exact) mass is 190 g/mol. The first-order valence-electron chi connectivity index (χ1n) is 1.90. The van der Waals surface area contributed by atoms with Gasteiger partial charge in [-0.05, 0) is 0 Å². The van der Waals surface area contributed by atoms with Crippen LogP contribution >= 0.6 is 18.6 Å². The van der Waals surface area contributed by atoms with Crippen LogP contribution in [-0.4, -0.2) is 20.8 Å². The summed E-state index contributed by atoms with van der Waals surface area (Å²) in [6, 6.07) is 0. The predicted molar refractivity (Wildman–Crippen MR) is 35.1 cm³/mol. The summed E-state index contributed by atoms with van der Waals surface area (Å²) in [7, 11) is 13.3. The third kappa shape index (κ3) is 27.0. The minimum absolute atomic E-state index is 0.556. The summed E-state index contributed by atoms with van der Waals surface area (Å²) in [5.41, 5.74) is 0. The number of hydrogen-bond acceptors (Lipinski definition) is 0. The van der Waals surface area contributed by atoms with Crippen molar-refractivity contribution in [1.29, 1.82) is 0 Å². The first-order valence-corrected chi connectivity index (χ1v) is 6.20. The van der Waals surface area contributed by atoms with Gasteiger partial charge in [0.05, 0.1) is 0 Å². The van der Waals surface area contributed by atoms with E-state index in [9.17, 15) is 0 Å². The van der Waals surface area contributed by atoms with Crippen LogP contribution in [0.4, 0.5) is 0 Å². The zero-order chi connectivity index (χ0) is 6.83. The molecule has 0 radical (unpaired) electrons. The van der Waals surface area contributed by atoms with E-state index in [0.29, 0.717) is 6.67 Å². The van der Waals surface area contributed by atoms with Crippen molar-refractivity contribution in [3.8, 4) is 0 Å². The molecule has 0 saturated heterocycles. The van der Waals surface area contributed by atoms with Gasteiger partial charge in [0.2, 0.25) is 0 Å². The standard InChI is InChI=1S/C3H8N2.2ClH.Ti/c1-4-3-5-2;;;/h3H2,1-2H3;2*1H;/q-2;;;+2/p-2. The summed E-state index contributed by atoms with van der Waals surface area (Å²) >= 11 is -0.556. The zero-order valence-electron chi connectivity index (χ0n) is 4.86. The molecule has 2 nitrogen and oxygen atoms in total. The van der Waals surface area contributed by atoms with Crippen LogP contribution in [0.25, 0.3) is 10.6 Å². The van der Waals surface area contributed by atoms with E-state index in [2.05, 4.69) is 10.6 Å². The van der Waals surface area contributed by atoms with Crippen molar-refractivity contribution in [2.45, 2.75) is 0 Å². The van der Waals surface area contributed by atoms with Crippen molar-refractivity contribution in [2.24, 2.45) is 0 Å². The molecule has 0 amide bonds. The average Bonchev–Trinajstić information content (AvgIpc) is 1.71. The SMILES string of the molecule is C[N-]C[N-]C.[Cl][Ti][Cl]. The molecule has 0 unspecified atom stereocenters. The molecular weight excluding hydrogens is 183 g/mol. The van der Waals surface area contributed by atoms with Gasteiger partial charge in [0.25, 0.3) is 0 Å². The molecule has 0 heterocycles. The van der Waals surface area contributed by atoms with E-state index in [-0.39, 0.29) is 0 Å². The first kappa shape index (κ1) is 11.9. The van der Waals surface area contributed by atoms with Gasteiger partial charge >= 0.3 is 35.6 Å². The van der Waals surface area contributed by atoms with E-state index >= 15 is 0 Å². The topological polar surface area (TPSA) is 28.2 Å². The summed E-state index contributed by atoms with van der Waals surface area (Å²) in [6.07, 6.45) is 0. The molecule has 50 valence electrons. The molecule has 0 aromatic rings. The molecule has 0 aromatic heterocycles. The van der Waals surface area contributed by atoms with Crippen molar-refractivity contribution in [3.05, 3.63) is 10.6 Å². The fourth-order valence-electron chi connectivity index (χ4n) is 0.141. The van der Waals surface area contributed by atoms with Crippen LogP contribution in [0, 0.1) is 0 Å². The number of rotatable bonds is 2. The van der Waals surface area contributed by atoms with Crippen LogP contribution in [0.1, 0.15) is 0 Å². The second-order valence-electron chi connectivity index (χ2n) is 0.845. The first-order chi connectivity index (χ1) is 3.83. The quantitative estimate of drug-likeness (QED) is 0.599. The molecule has 0 aliphatic rings. The Morgan fingerprint density at radius 3 is 1.50 bits per heavy atom. The van der Waals surface area contributed by atoms with Crippen molar-refractivity contribution in [1.82, 2.24) is 0 Å². The number of nitrogens with zero attached hydrogens (tertiary/aromatic N) is 2. The summed E-state index contributed by atoms with van der Waals surface area (Å²) in [4.78, 5) is 0. The van der Waals surface area contributed by atoms with Gasteiger partial charge in [-0.1, -0.05) is 0 Å². The molecule has 0 rings (SSSR count). The zero-order valence-corrected chi connectivity index (χ0v) is 7.93. The third-order valence-corrected chi connectivity index (χ3v) is 0.283. The van der Waals surface area contributed by atoms with Gasteiger partial charge in [0, 0.05) is 0 Å². The number of hydrogen-bond donors (Lipinski definition) is 0. The Labute approximate surface area is 67.0 Å². The summed E-state index contributed by atoms with van der Waals surface area (Å²) < 4.78 is 0. The molecule has 5 heteroatoms. The second-order valence-corrected chi connectivity index (χ2v) is 3.42. The van der Waals surface area contributed by atoms with Crippen LogP contribution in [-0.2, 0) is 17.0 Å². The second kappa shape index (κ2) is 15.7. The maximum atomic E-state index is 4.89. The average molecular weight is 191 g/mol. The van der Waals surface area contributed by atoms with E-state index in [0.717, 1.165) is 0 Å². The summed E-state index contributed by atoms with van der Waals surface area (Å²) in [6.45, 7) is 0.639. The van der Waals surface area contributed by atoms with Gasteiger partial charge in [-0.25, -0.2) is 0 Å². The predicted octanol–water partition coefficient (Wildman–Crippen LogP) is 2.33. The fourth-order valence-corrected chi connectivity index (χ4v) is 0.141. The van der Waals surface area contributed by atoms with E-state index in [1.807, 2.05) is 0 Å². The van der Waals surface area contributed by atoms with Crippen molar-refractivity contribution in [2.75, 3.05) is 20.8 Å². The molecule has 0 aliphatic carbocycles. The third-order valence-electron chi connectivity index (χ3n) is 0.283. The Hall–Kier alpha value is 1.21. The Balaban J connectivity index is 0. The molecule has 8 heavy (non-hydrogen) atoms. The Morgan fingerprint density at radius 1 is 1.25 bits per heavy atom. The van der Waals surface area contributed by atoms with Gasteiger partial charge < -0.3 is 10.6 Å². The van der Waals surface area contributed by atoms with Crippen LogP contribution < -0.4 is 0 Å². The number of halogens is 2. The molecule has 0 atom stereocenters. The molecule has 0 spiro atoms. The summed E-state index contributed by atoms with van der Waals surface area (Å²) in [5, 5.41) is 7.38. The van der Waals surface area contributed by atoms with Crippen molar-refractivity contribution in [3.63, 3.8) is 0 Å². The van der Waals surface area contributed by atoms with Gasteiger partial charge in [0.15, 0.2) is 0 Å². The fraction of sp³-hybridized carbons (Fsp3) is 1.00. The Bertz CT molecular complexity index is 29.2. The van der Waals surface area contributed by atoms with Crippen molar-refractivity contribution >= 4 is 18.6 Å². The van der Waals surface area contributed by atoms with Gasteiger partial charge in [0.1, 0.15) is 0 Å². The van der Waals surface area contributed by atoms with E-state index < -0.39 is 17.0 Å². The van der Waals surface area contributed by atoms with Gasteiger partial charge in [-0.2, -0.15) is 14.1 Å². The molecule has 0 fully saturated rings. The van der Waals surface area contributed by atoms with E-state index in [1.165, 1.54) is 0 Å². The van der Waals surface area contributed by atoms with Gasteiger partial charge in [-0.3, -0.25) is 6.67 Å². The van der Waals surface area contributed by atoms with E-state index in [4.69, 9.17) is 18.6 Å². The maximum absolute atomic E-state index is 4.89. The Kier molecular flexibility index (Phi) is 23.5. The van der Waals surface area contributed by atoms with Crippen LogP contribution in [0.5, 0.6) is 0 Å². The molecule has 0 aliphatic heterocycles. The minimum atomic E-state index is -0.556. The normalized spacial score (nSPS) is 7.00. The van der Waals surface area contributed by atoms with Crippen LogP contribution in [0.3, 0.4) is 0 Å². The molecule has 0 aromatic carbocycles. The van der Waals surface area contributed by atoms with Crippen molar-refractivity contribution < 1.29 is 17.0 Å². The van der Waals surface area contributed by atoms with Gasteiger partial charge in [-0.15, -0.1) is 0 Å². The summed E-state index contributed by atoms with van der Waals surface area (Å²) in [5.74, 6) is 0. The molecular formula is C3H8Cl2N2Ti-2. The molecule has 0 bridgehead atoms. The molecule has 0 N–H and O–H groups in total. The van der Waals surface area contributed by atoms with E-state index in [1.54, 1.807) is 14.1 Å². The van der Waals surface area contributed by atoms with Crippen LogP contribution in [0.2, 0.25) is 0 Å². The van der Waals surface area contributed by atoms with Crippen LogP contribution in [0.15, 0.2) is 0 Å².